The van der Waals surface area contributed by atoms with E-state index in [2.05, 4.69) is 5.32 Å². The number of carbonyl (C=O) groups is 3. The number of ether oxygens (including phenoxy) is 2. The Hall–Kier alpha value is -5.45. The van der Waals surface area contributed by atoms with Crippen LogP contribution in [0.5, 0.6) is 17.2 Å². The fourth-order valence-electron chi connectivity index (χ4n) is 5.84. The zero-order valence-corrected chi connectivity index (χ0v) is 25.4. The van der Waals surface area contributed by atoms with E-state index < -0.39 is 17.5 Å². The molecule has 2 N–H and O–H groups in total. The Balaban J connectivity index is 0.00000134. The van der Waals surface area contributed by atoms with Gasteiger partial charge in [0.1, 0.15) is 17.3 Å². The van der Waals surface area contributed by atoms with Gasteiger partial charge in [-0.05, 0) is 90.9 Å². The molecule has 8 bridgehead atoms. The van der Waals surface area contributed by atoms with Crippen LogP contribution in [-0.2, 0) is 22.4 Å². The highest BCUT2D eigenvalue weighted by Crippen LogP contribution is 2.40. The smallest absolute Gasteiger partial charge is 0.336 e. The Bertz CT molecular complexity index is 1810. The lowest BCUT2D eigenvalue weighted by molar-refractivity contribution is -0.123. The van der Waals surface area contributed by atoms with Crippen molar-refractivity contribution in [2.45, 2.75) is 39.2 Å². The van der Waals surface area contributed by atoms with Gasteiger partial charge in [0.2, 0.25) is 5.91 Å². The van der Waals surface area contributed by atoms with Crippen LogP contribution in [0.25, 0.3) is 0 Å². The second-order valence-corrected chi connectivity index (χ2v) is 11.0. The van der Waals surface area contributed by atoms with Crippen molar-refractivity contribution in [2.75, 3.05) is 19.7 Å². The predicted octanol–water partition coefficient (Wildman–Crippen LogP) is 5.12. The molecule has 11 heteroatoms. The van der Waals surface area contributed by atoms with E-state index in [4.69, 9.17) is 23.8 Å². The van der Waals surface area contributed by atoms with Gasteiger partial charge in [-0.2, -0.15) is 0 Å². The van der Waals surface area contributed by atoms with E-state index in [1.807, 2.05) is 36.4 Å². The molecule has 4 heterocycles. The van der Waals surface area contributed by atoms with Gasteiger partial charge in [0, 0.05) is 19.2 Å². The van der Waals surface area contributed by atoms with Crippen molar-refractivity contribution in [3.05, 3.63) is 122 Å². The van der Waals surface area contributed by atoms with Gasteiger partial charge in [0.05, 0.1) is 24.6 Å². The number of carbonyl (C=O) groups excluding carboxylic acids is 2. The van der Waals surface area contributed by atoms with E-state index in [1.165, 1.54) is 12.1 Å². The number of nitrogens with zero attached hydrogens (tertiary/aromatic N) is 1. The molecule has 10 nitrogen and oxygen atoms in total. The molecule has 0 saturated heterocycles. The lowest BCUT2D eigenvalue weighted by atomic mass is 9.87. The van der Waals surface area contributed by atoms with Crippen LogP contribution in [0.1, 0.15) is 56.4 Å². The first-order chi connectivity index (χ1) is 22.2. The van der Waals surface area contributed by atoms with Crippen LogP contribution >= 0.6 is 0 Å². The molecule has 2 amide bonds. The van der Waals surface area contributed by atoms with Crippen LogP contribution in [0.4, 0.5) is 4.39 Å². The summed E-state index contributed by atoms with van der Waals surface area (Å²) in [5.41, 5.74) is 3.76. The van der Waals surface area contributed by atoms with Crippen molar-refractivity contribution in [3.8, 4) is 17.2 Å². The van der Waals surface area contributed by atoms with Crippen LogP contribution in [-0.4, -0.2) is 48.0 Å². The summed E-state index contributed by atoms with van der Waals surface area (Å²) < 4.78 is 32.1. The van der Waals surface area contributed by atoms with E-state index in [0.717, 1.165) is 16.7 Å². The number of fused-ring (bicyclic) bond motifs is 7. The number of rotatable bonds is 1. The van der Waals surface area contributed by atoms with Crippen molar-refractivity contribution < 1.29 is 37.8 Å². The molecule has 3 aliphatic heterocycles. The van der Waals surface area contributed by atoms with E-state index in [1.54, 1.807) is 36.9 Å². The van der Waals surface area contributed by atoms with Crippen LogP contribution < -0.4 is 20.4 Å². The number of carboxylic acid groups (broad SMARTS) is 1. The Morgan fingerprint density at radius 1 is 1.04 bits per heavy atom. The average Bonchev–Trinajstić information content (AvgIpc) is 3.01. The Morgan fingerprint density at radius 2 is 1.85 bits per heavy atom. The van der Waals surface area contributed by atoms with Gasteiger partial charge >= 0.3 is 5.63 Å². The second-order valence-electron chi connectivity index (χ2n) is 11.0. The number of hydrogen-bond acceptors (Lipinski definition) is 7. The minimum Gasteiger partial charge on any atom is -0.494 e. The maximum atomic E-state index is 14.8. The average molecular weight is 629 g/mol. The normalized spacial score (nSPS) is 15.8. The number of hydrogen-bond donors (Lipinski definition) is 2. The lowest BCUT2D eigenvalue weighted by Crippen LogP contribution is -2.41. The summed E-state index contributed by atoms with van der Waals surface area (Å²) in [5, 5.41) is 9.77. The molecule has 1 unspecified atom stereocenters. The summed E-state index contributed by atoms with van der Waals surface area (Å²) in [6, 6.07) is 18.4. The summed E-state index contributed by atoms with van der Waals surface area (Å²) in [6.45, 7) is 4.30. The van der Waals surface area contributed by atoms with Gasteiger partial charge in [-0.25, -0.2) is 9.18 Å². The van der Waals surface area contributed by atoms with Gasteiger partial charge in [-0.3, -0.25) is 14.4 Å². The summed E-state index contributed by atoms with van der Waals surface area (Å²) >= 11 is 0. The Kier molecular flexibility index (Phi) is 9.80. The summed E-state index contributed by atoms with van der Waals surface area (Å²) in [4.78, 5) is 48.7. The number of amides is 2. The van der Waals surface area contributed by atoms with Crippen molar-refractivity contribution in [2.24, 2.45) is 0 Å². The van der Waals surface area contributed by atoms with Gasteiger partial charge in [0.15, 0.2) is 11.6 Å². The van der Waals surface area contributed by atoms with Gasteiger partial charge in [-0.15, -0.1) is 0 Å². The second kappa shape index (κ2) is 14.1. The first kappa shape index (κ1) is 32.0. The predicted molar refractivity (Wildman–Crippen MR) is 166 cm³/mol. The number of benzene rings is 3. The van der Waals surface area contributed by atoms with Crippen molar-refractivity contribution in [1.29, 1.82) is 0 Å². The molecule has 4 aromatic rings. The number of halogens is 1. The molecular weight excluding hydrogens is 595 g/mol. The minimum absolute atomic E-state index is 0.0324. The van der Waals surface area contributed by atoms with Crippen molar-refractivity contribution in [3.63, 3.8) is 0 Å². The largest absolute Gasteiger partial charge is 0.494 e. The van der Waals surface area contributed by atoms with Crippen LogP contribution in [0.15, 0.2) is 75.9 Å². The lowest BCUT2D eigenvalue weighted by Gasteiger charge is -2.38. The quantitative estimate of drug-likeness (QED) is 0.278. The molecule has 0 aliphatic carbocycles. The molecule has 0 fully saturated rings. The zero-order valence-electron chi connectivity index (χ0n) is 25.4. The van der Waals surface area contributed by atoms with E-state index in [-0.39, 0.29) is 36.2 Å². The molecule has 1 aromatic heterocycles. The standard InChI is InChI=1S/C34H31FN2O6.CH2O2/c1-20-15-31(39)42-21(2)32(20)34(40)37-13-11-23-18-26-8-9-27(23)33(37)24-5-3-6-25(19-24)41-14-4-12-36-30(38)17-22-7-10-28(35)29(16-22)43-26;2-1-3/h3,5-10,15-16,18-19,33H,4,11-14,17H2,1-2H3,(H,36,38);1H,(H,2,3). The minimum atomic E-state index is -0.531. The first-order valence-corrected chi connectivity index (χ1v) is 14.8. The molecule has 3 aromatic carbocycles. The van der Waals surface area contributed by atoms with E-state index in [9.17, 15) is 18.8 Å². The maximum absolute atomic E-state index is 14.8. The van der Waals surface area contributed by atoms with Crippen LogP contribution in [0, 0.1) is 19.7 Å². The van der Waals surface area contributed by atoms with Crippen LogP contribution in [0.2, 0.25) is 0 Å². The summed E-state index contributed by atoms with van der Waals surface area (Å²) in [7, 11) is 0. The molecule has 7 rings (SSSR count). The Morgan fingerprint density at radius 3 is 2.63 bits per heavy atom. The van der Waals surface area contributed by atoms with Crippen molar-refractivity contribution >= 4 is 18.3 Å². The molecule has 0 spiro atoms. The third kappa shape index (κ3) is 7.09. The number of nitrogens with one attached hydrogen (secondary N) is 1. The highest BCUT2D eigenvalue weighted by Gasteiger charge is 2.35. The molecular formula is C35H33FN2O8. The summed E-state index contributed by atoms with van der Waals surface area (Å²) in [5.74, 6) is 0.450. The third-order valence-corrected chi connectivity index (χ3v) is 7.83. The zero-order chi connectivity index (χ0) is 32.8. The molecule has 0 saturated carbocycles. The fourth-order valence-corrected chi connectivity index (χ4v) is 5.84. The van der Waals surface area contributed by atoms with Crippen molar-refractivity contribution in [1.82, 2.24) is 10.2 Å². The SMILES string of the molecule is Cc1cc(=O)oc(C)c1C(=O)N1CCc2cc3ccc2C1c1cccc(c1)OCCCNC(=O)Cc1ccc(F)c(c1)O3.O=CO. The highest BCUT2D eigenvalue weighted by molar-refractivity contribution is 5.97. The van der Waals surface area contributed by atoms with Gasteiger partial charge < -0.3 is 29.2 Å². The van der Waals surface area contributed by atoms with Crippen LogP contribution in [0.3, 0.4) is 0 Å². The molecule has 0 radical (unpaired) electrons. The van der Waals surface area contributed by atoms with E-state index >= 15 is 0 Å². The molecule has 238 valence electrons. The molecule has 3 aliphatic rings. The number of aryl methyl sites for hydroxylation is 2. The van der Waals surface area contributed by atoms with E-state index in [0.29, 0.717) is 60.7 Å². The highest BCUT2D eigenvalue weighted by atomic mass is 19.1. The fraction of sp³-hybridized carbons (Fsp3) is 0.257. The topological polar surface area (TPSA) is 135 Å². The van der Waals surface area contributed by atoms with Gasteiger partial charge in [0.25, 0.3) is 12.4 Å². The Labute approximate surface area is 264 Å². The van der Waals surface area contributed by atoms with Gasteiger partial charge in [-0.1, -0.05) is 24.3 Å². The first-order valence-electron chi connectivity index (χ1n) is 14.8. The molecule has 1 atom stereocenters. The maximum Gasteiger partial charge on any atom is 0.336 e. The monoisotopic (exact) mass is 628 g/mol. The molecule has 46 heavy (non-hydrogen) atoms. The third-order valence-electron chi connectivity index (χ3n) is 7.83. The summed E-state index contributed by atoms with van der Waals surface area (Å²) in [6.07, 6.45) is 1.21.